The quantitative estimate of drug-likeness (QED) is 0.555. The fraction of sp³-hybridized carbons (Fsp3) is 0.704. The number of aromatic nitrogens is 1. The lowest BCUT2D eigenvalue weighted by molar-refractivity contribution is -0.160. The second-order valence-electron chi connectivity index (χ2n) is 10.9. The van der Waals surface area contributed by atoms with Crippen LogP contribution in [0.4, 0.5) is 0 Å². The zero-order valence-electron chi connectivity index (χ0n) is 21.1. The van der Waals surface area contributed by atoms with Gasteiger partial charge < -0.3 is 33.8 Å². The number of nitrogens with zero attached hydrogens (tertiary/aromatic N) is 2. The highest BCUT2D eigenvalue weighted by atomic mass is 16.5. The molecule has 5 rings (SSSR count). The van der Waals surface area contributed by atoms with Crippen LogP contribution in [0.3, 0.4) is 0 Å². The van der Waals surface area contributed by atoms with Gasteiger partial charge in [0.1, 0.15) is 11.1 Å². The molecule has 198 valence electrons. The molecule has 1 saturated carbocycles. The molecule has 3 fully saturated rings. The van der Waals surface area contributed by atoms with E-state index in [9.17, 15) is 15.0 Å². The van der Waals surface area contributed by atoms with Gasteiger partial charge in [0.05, 0.1) is 30.3 Å². The lowest BCUT2D eigenvalue weighted by atomic mass is 9.77. The van der Waals surface area contributed by atoms with Crippen LogP contribution in [0.15, 0.2) is 22.7 Å². The smallest absolute Gasteiger partial charge is 0.311 e. The minimum atomic E-state index is -0.715. The summed E-state index contributed by atoms with van der Waals surface area (Å²) >= 11 is 0. The van der Waals surface area contributed by atoms with E-state index in [1.807, 2.05) is 25.1 Å². The minimum absolute atomic E-state index is 0.0170. The van der Waals surface area contributed by atoms with E-state index in [2.05, 4.69) is 10.1 Å². The number of likely N-dealkylation sites (tertiary alicyclic amines) is 1. The first-order valence-corrected chi connectivity index (χ1v) is 13.3. The Balaban J connectivity index is 1.16. The summed E-state index contributed by atoms with van der Waals surface area (Å²) in [6.07, 6.45) is 6.03. The third kappa shape index (κ3) is 5.63. The third-order valence-corrected chi connectivity index (χ3v) is 8.17. The highest BCUT2D eigenvalue weighted by Gasteiger charge is 2.44. The second kappa shape index (κ2) is 10.9. The van der Waals surface area contributed by atoms with E-state index in [1.165, 1.54) is 0 Å². The number of carboxylic acid groups (broad SMARTS) is 1. The van der Waals surface area contributed by atoms with E-state index in [0.717, 1.165) is 57.0 Å². The predicted molar refractivity (Wildman–Crippen MR) is 132 cm³/mol. The number of fused-ring (bicyclic) bond motifs is 1. The predicted octanol–water partition coefficient (Wildman–Crippen LogP) is 3.87. The molecule has 1 aromatic carbocycles. The van der Waals surface area contributed by atoms with Crippen molar-refractivity contribution in [3.63, 3.8) is 0 Å². The molecular formula is C27H38N2O7. The fourth-order valence-corrected chi connectivity index (χ4v) is 5.98. The molecule has 0 spiro atoms. The lowest BCUT2D eigenvalue weighted by Gasteiger charge is -2.42. The first kappa shape index (κ1) is 25.3. The Morgan fingerprint density at radius 3 is 2.69 bits per heavy atom. The molecule has 0 amide bonds. The monoisotopic (exact) mass is 502 g/mol. The first-order valence-electron chi connectivity index (χ1n) is 13.3. The molecule has 2 saturated heterocycles. The number of hydrogen-bond donors (Lipinski definition) is 2. The van der Waals surface area contributed by atoms with Crippen molar-refractivity contribution in [1.29, 1.82) is 0 Å². The molecule has 1 aliphatic carbocycles. The van der Waals surface area contributed by atoms with Crippen LogP contribution in [0.5, 0.6) is 11.6 Å². The highest BCUT2D eigenvalue weighted by Crippen LogP contribution is 2.38. The van der Waals surface area contributed by atoms with E-state index < -0.39 is 11.4 Å². The molecule has 0 bridgehead atoms. The maximum atomic E-state index is 12.1. The van der Waals surface area contributed by atoms with Gasteiger partial charge in [-0.1, -0.05) is 6.07 Å². The molecule has 3 heterocycles. The Hall–Kier alpha value is -2.36. The Morgan fingerprint density at radius 2 is 1.97 bits per heavy atom. The number of aliphatic hydroxyl groups excluding tert-OH is 1. The summed E-state index contributed by atoms with van der Waals surface area (Å²) < 4.78 is 23.5. The average molecular weight is 503 g/mol. The largest absolute Gasteiger partial charge is 0.489 e. The lowest BCUT2D eigenvalue weighted by Crippen LogP contribution is -2.50. The van der Waals surface area contributed by atoms with Gasteiger partial charge in [0.25, 0.3) is 5.88 Å². The Morgan fingerprint density at radius 1 is 1.19 bits per heavy atom. The summed E-state index contributed by atoms with van der Waals surface area (Å²) in [4.78, 5) is 14.4. The molecule has 0 radical (unpaired) electrons. The maximum absolute atomic E-state index is 12.1. The van der Waals surface area contributed by atoms with Gasteiger partial charge in [0.15, 0.2) is 5.58 Å². The summed E-state index contributed by atoms with van der Waals surface area (Å²) in [6.45, 7) is 5.31. The standard InChI is InChI=1S/C27H38N2O7/c1-18-15-27(26(31)32,11-14-33-18)17-29-12-9-19(10-13-29)16-34-25-24-22(3-2-4-23(24)36-28-25)35-21-7-5-20(30)6-8-21/h2-4,18-21,30H,5-17H2,1H3,(H,31,32). The number of ether oxygens (including phenoxy) is 3. The van der Waals surface area contributed by atoms with Gasteiger partial charge in [-0.3, -0.25) is 4.79 Å². The van der Waals surface area contributed by atoms with E-state index in [-0.39, 0.29) is 18.3 Å². The van der Waals surface area contributed by atoms with Crippen molar-refractivity contribution < 1.29 is 33.7 Å². The Kier molecular flexibility index (Phi) is 7.69. The molecule has 2 atom stereocenters. The van der Waals surface area contributed by atoms with Crippen LogP contribution in [0.2, 0.25) is 0 Å². The molecule has 2 N–H and O–H groups in total. The van der Waals surface area contributed by atoms with Crippen LogP contribution in [0.1, 0.15) is 58.3 Å². The molecular weight excluding hydrogens is 464 g/mol. The van der Waals surface area contributed by atoms with Crippen molar-refractivity contribution in [3.05, 3.63) is 18.2 Å². The van der Waals surface area contributed by atoms with Crippen molar-refractivity contribution in [3.8, 4) is 11.6 Å². The number of hydrogen-bond acceptors (Lipinski definition) is 8. The van der Waals surface area contributed by atoms with Crippen LogP contribution in [-0.4, -0.2) is 77.4 Å². The highest BCUT2D eigenvalue weighted by molar-refractivity contribution is 5.88. The number of rotatable bonds is 8. The fourth-order valence-electron chi connectivity index (χ4n) is 5.98. The number of benzene rings is 1. The maximum Gasteiger partial charge on any atom is 0.311 e. The summed E-state index contributed by atoms with van der Waals surface area (Å²) in [5.41, 5.74) is -0.0780. The van der Waals surface area contributed by atoms with Crippen LogP contribution >= 0.6 is 0 Å². The molecule has 1 aromatic heterocycles. The Labute approximate surface area is 211 Å². The molecule has 9 nitrogen and oxygen atoms in total. The van der Waals surface area contributed by atoms with Crippen LogP contribution in [-0.2, 0) is 9.53 Å². The third-order valence-electron chi connectivity index (χ3n) is 8.17. The summed E-state index contributed by atoms with van der Waals surface area (Å²) in [7, 11) is 0. The molecule has 3 aliphatic rings. The van der Waals surface area contributed by atoms with Crippen LogP contribution in [0.25, 0.3) is 11.0 Å². The molecule has 2 unspecified atom stereocenters. The van der Waals surface area contributed by atoms with E-state index in [1.54, 1.807) is 0 Å². The van der Waals surface area contributed by atoms with Gasteiger partial charge in [0.2, 0.25) is 0 Å². The van der Waals surface area contributed by atoms with Gasteiger partial charge in [-0.05, 0) is 94.6 Å². The van der Waals surface area contributed by atoms with Gasteiger partial charge in [-0.25, -0.2) is 0 Å². The van der Waals surface area contributed by atoms with Crippen LogP contribution in [0, 0.1) is 11.3 Å². The minimum Gasteiger partial charge on any atom is -0.489 e. The zero-order valence-corrected chi connectivity index (χ0v) is 21.1. The van der Waals surface area contributed by atoms with Crippen LogP contribution < -0.4 is 9.47 Å². The molecule has 2 aliphatic heterocycles. The van der Waals surface area contributed by atoms with Crippen molar-refractivity contribution in [2.45, 2.75) is 76.6 Å². The first-order chi connectivity index (χ1) is 17.4. The Bertz CT molecular complexity index is 1030. The van der Waals surface area contributed by atoms with Crippen molar-refractivity contribution in [2.24, 2.45) is 11.3 Å². The van der Waals surface area contributed by atoms with Crippen molar-refractivity contribution in [2.75, 3.05) is 32.8 Å². The van der Waals surface area contributed by atoms with E-state index >= 15 is 0 Å². The normalized spacial score (nSPS) is 30.3. The zero-order chi connectivity index (χ0) is 25.1. The van der Waals surface area contributed by atoms with Crippen molar-refractivity contribution >= 4 is 16.9 Å². The average Bonchev–Trinajstić information content (AvgIpc) is 3.29. The topological polar surface area (TPSA) is 114 Å². The SMILES string of the molecule is CC1CC(CN2CCC(COc3noc4cccc(OC5CCC(O)CC5)c34)CC2)(C(=O)O)CCO1. The van der Waals surface area contributed by atoms with E-state index in [0.29, 0.717) is 55.7 Å². The van der Waals surface area contributed by atoms with Gasteiger partial charge in [-0.15, -0.1) is 0 Å². The number of carboxylic acids is 1. The van der Waals surface area contributed by atoms with Gasteiger partial charge in [-0.2, -0.15) is 0 Å². The second-order valence-corrected chi connectivity index (χ2v) is 10.9. The number of aliphatic hydroxyl groups is 1. The van der Waals surface area contributed by atoms with Gasteiger partial charge >= 0.3 is 5.97 Å². The molecule has 9 heteroatoms. The number of carbonyl (C=O) groups is 1. The van der Waals surface area contributed by atoms with Crippen molar-refractivity contribution in [1.82, 2.24) is 10.1 Å². The number of aliphatic carboxylic acids is 1. The van der Waals surface area contributed by atoms with Gasteiger partial charge in [0, 0.05) is 13.2 Å². The summed E-state index contributed by atoms with van der Waals surface area (Å²) in [6, 6.07) is 5.68. The molecule has 36 heavy (non-hydrogen) atoms. The molecule has 2 aromatic rings. The summed E-state index contributed by atoms with van der Waals surface area (Å²) in [5.74, 6) is 0.836. The summed E-state index contributed by atoms with van der Waals surface area (Å²) in [5, 5.41) is 24.7. The van der Waals surface area contributed by atoms with E-state index in [4.69, 9.17) is 18.7 Å². The number of piperidine rings is 1.